The molecule has 0 spiro atoms. The lowest BCUT2D eigenvalue weighted by atomic mass is 10.1. The van der Waals surface area contributed by atoms with Crippen molar-refractivity contribution in [2.45, 2.75) is 32.7 Å². The fraction of sp³-hybridized carbons (Fsp3) is 0.529. The molecule has 1 fully saturated rings. The SMILES string of the molecule is CCN(CC)C(=O)c1ccc(NC(=O)[C@H]2CCCN2S(C)(=O)=O)cc1. The maximum atomic E-state index is 12.4. The number of amides is 2. The van der Waals surface area contributed by atoms with Gasteiger partial charge in [-0.1, -0.05) is 0 Å². The summed E-state index contributed by atoms with van der Waals surface area (Å²) in [6.45, 7) is 5.48. The van der Waals surface area contributed by atoms with Crippen molar-refractivity contribution < 1.29 is 18.0 Å². The van der Waals surface area contributed by atoms with Gasteiger partial charge in [0.25, 0.3) is 5.91 Å². The van der Waals surface area contributed by atoms with Crippen LogP contribution >= 0.6 is 0 Å². The van der Waals surface area contributed by atoms with Crippen molar-refractivity contribution in [2.24, 2.45) is 0 Å². The lowest BCUT2D eigenvalue weighted by Crippen LogP contribution is -2.42. The molecule has 0 unspecified atom stereocenters. The first-order valence-electron chi connectivity index (χ1n) is 8.45. The van der Waals surface area contributed by atoms with Gasteiger partial charge in [-0.25, -0.2) is 8.42 Å². The molecule has 1 heterocycles. The van der Waals surface area contributed by atoms with E-state index in [1.165, 1.54) is 4.31 Å². The average molecular weight is 367 g/mol. The molecule has 7 nitrogen and oxygen atoms in total. The minimum absolute atomic E-state index is 0.0538. The summed E-state index contributed by atoms with van der Waals surface area (Å²) in [4.78, 5) is 26.4. The van der Waals surface area contributed by atoms with E-state index in [2.05, 4.69) is 5.32 Å². The van der Waals surface area contributed by atoms with E-state index in [4.69, 9.17) is 0 Å². The lowest BCUT2D eigenvalue weighted by molar-refractivity contribution is -0.119. The highest BCUT2D eigenvalue weighted by Crippen LogP contribution is 2.22. The fourth-order valence-electron chi connectivity index (χ4n) is 3.01. The molecule has 138 valence electrons. The first kappa shape index (κ1) is 19.4. The van der Waals surface area contributed by atoms with Crippen molar-refractivity contribution in [2.75, 3.05) is 31.2 Å². The Labute approximate surface area is 149 Å². The molecule has 0 aliphatic carbocycles. The Morgan fingerprint density at radius 2 is 1.80 bits per heavy atom. The van der Waals surface area contributed by atoms with Gasteiger partial charge in [0.15, 0.2) is 0 Å². The van der Waals surface area contributed by atoms with Crippen molar-refractivity contribution in [3.8, 4) is 0 Å². The molecule has 1 aromatic carbocycles. The van der Waals surface area contributed by atoms with Gasteiger partial charge in [0.1, 0.15) is 6.04 Å². The number of nitrogens with zero attached hydrogens (tertiary/aromatic N) is 2. The molecule has 0 bridgehead atoms. The summed E-state index contributed by atoms with van der Waals surface area (Å²) in [5.74, 6) is -0.396. The second-order valence-electron chi connectivity index (χ2n) is 6.08. The highest BCUT2D eigenvalue weighted by molar-refractivity contribution is 7.88. The second-order valence-corrected chi connectivity index (χ2v) is 8.01. The molecule has 0 aromatic heterocycles. The van der Waals surface area contributed by atoms with Crippen molar-refractivity contribution in [1.29, 1.82) is 0 Å². The monoisotopic (exact) mass is 367 g/mol. The molecular weight excluding hydrogens is 342 g/mol. The Bertz CT molecular complexity index is 727. The van der Waals surface area contributed by atoms with E-state index in [0.717, 1.165) is 6.26 Å². The number of sulfonamides is 1. The summed E-state index contributed by atoms with van der Waals surface area (Å²) in [5.41, 5.74) is 1.10. The summed E-state index contributed by atoms with van der Waals surface area (Å²) in [5, 5.41) is 2.74. The second kappa shape index (κ2) is 7.97. The molecule has 25 heavy (non-hydrogen) atoms. The van der Waals surface area contributed by atoms with E-state index in [0.29, 0.717) is 43.7 Å². The number of carbonyl (C=O) groups is 2. The summed E-state index contributed by atoms with van der Waals surface area (Å²) in [6, 6.07) is 5.98. The maximum absolute atomic E-state index is 12.4. The highest BCUT2D eigenvalue weighted by Gasteiger charge is 2.36. The number of nitrogens with one attached hydrogen (secondary N) is 1. The van der Waals surface area contributed by atoms with Crippen LogP contribution in [0, 0.1) is 0 Å². The van der Waals surface area contributed by atoms with Crippen molar-refractivity contribution in [3.63, 3.8) is 0 Å². The smallest absolute Gasteiger partial charge is 0.253 e. The zero-order chi connectivity index (χ0) is 18.6. The number of hydrogen-bond donors (Lipinski definition) is 1. The van der Waals surface area contributed by atoms with E-state index < -0.39 is 16.1 Å². The molecule has 8 heteroatoms. The van der Waals surface area contributed by atoms with Crippen LogP contribution in [-0.2, 0) is 14.8 Å². The Kier molecular flexibility index (Phi) is 6.18. The Balaban J connectivity index is 2.06. The van der Waals surface area contributed by atoms with Crippen LogP contribution in [-0.4, -0.2) is 61.4 Å². The van der Waals surface area contributed by atoms with E-state index in [1.807, 2.05) is 13.8 Å². The molecular formula is C17H25N3O4S. The van der Waals surface area contributed by atoms with Crippen LogP contribution < -0.4 is 5.32 Å². The van der Waals surface area contributed by atoms with E-state index in [1.54, 1.807) is 29.2 Å². The van der Waals surface area contributed by atoms with Crippen LogP contribution in [0.5, 0.6) is 0 Å². The standard InChI is InChI=1S/C17H25N3O4S/c1-4-19(5-2)17(22)13-8-10-14(11-9-13)18-16(21)15-7-6-12-20(15)25(3,23)24/h8-11,15H,4-7,12H2,1-3H3,(H,18,21)/t15-/m1/s1. The Morgan fingerprint density at radius 3 is 2.32 bits per heavy atom. The largest absolute Gasteiger partial charge is 0.339 e. The van der Waals surface area contributed by atoms with E-state index >= 15 is 0 Å². The lowest BCUT2D eigenvalue weighted by Gasteiger charge is -2.21. The van der Waals surface area contributed by atoms with Crippen molar-refractivity contribution in [3.05, 3.63) is 29.8 Å². The molecule has 2 amide bonds. The quantitative estimate of drug-likeness (QED) is 0.826. The number of hydrogen-bond acceptors (Lipinski definition) is 4. The summed E-state index contributed by atoms with van der Waals surface area (Å²) >= 11 is 0. The predicted octanol–water partition coefficient (Wildman–Crippen LogP) is 1.53. The summed E-state index contributed by atoms with van der Waals surface area (Å²) in [6.07, 6.45) is 2.30. The summed E-state index contributed by atoms with van der Waals surface area (Å²) in [7, 11) is -3.40. The average Bonchev–Trinajstić information content (AvgIpc) is 3.06. The zero-order valence-corrected chi connectivity index (χ0v) is 15.7. The van der Waals surface area contributed by atoms with Gasteiger partial charge in [-0.05, 0) is 51.0 Å². The molecule has 1 N–H and O–H groups in total. The van der Waals surface area contributed by atoms with Crippen molar-refractivity contribution in [1.82, 2.24) is 9.21 Å². The fourth-order valence-corrected chi connectivity index (χ4v) is 4.14. The van der Waals surface area contributed by atoms with Crippen LogP contribution in [0.1, 0.15) is 37.0 Å². The number of benzene rings is 1. The Morgan fingerprint density at radius 1 is 1.20 bits per heavy atom. The van der Waals surface area contributed by atoms with Crippen LogP contribution in [0.25, 0.3) is 0 Å². The van der Waals surface area contributed by atoms with E-state index in [-0.39, 0.29) is 11.8 Å². The molecule has 1 saturated heterocycles. The van der Waals surface area contributed by atoms with Gasteiger partial charge in [-0.2, -0.15) is 4.31 Å². The topological polar surface area (TPSA) is 86.8 Å². The molecule has 2 rings (SSSR count). The highest BCUT2D eigenvalue weighted by atomic mass is 32.2. The minimum Gasteiger partial charge on any atom is -0.339 e. The summed E-state index contributed by atoms with van der Waals surface area (Å²) < 4.78 is 24.7. The zero-order valence-electron chi connectivity index (χ0n) is 14.9. The molecule has 1 aromatic rings. The van der Waals surface area contributed by atoms with Gasteiger partial charge >= 0.3 is 0 Å². The number of carbonyl (C=O) groups excluding carboxylic acids is 2. The molecule has 1 aliphatic rings. The maximum Gasteiger partial charge on any atom is 0.253 e. The van der Waals surface area contributed by atoms with Gasteiger partial charge in [0.2, 0.25) is 15.9 Å². The first-order chi connectivity index (χ1) is 11.8. The Hall–Kier alpha value is -1.93. The van der Waals surface area contributed by atoms with Crippen LogP contribution in [0.3, 0.4) is 0 Å². The van der Waals surface area contributed by atoms with Gasteiger partial charge < -0.3 is 10.2 Å². The van der Waals surface area contributed by atoms with Crippen molar-refractivity contribution >= 4 is 27.5 Å². The molecule has 0 saturated carbocycles. The van der Waals surface area contributed by atoms with Gasteiger partial charge in [0.05, 0.1) is 6.26 Å². The number of anilines is 1. The van der Waals surface area contributed by atoms with E-state index in [9.17, 15) is 18.0 Å². The first-order valence-corrected chi connectivity index (χ1v) is 10.3. The molecule has 0 radical (unpaired) electrons. The van der Waals surface area contributed by atoms with Crippen LogP contribution in [0.4, 0.5) is 5.69 Å². The van der Waals surface area contributed by atoms with Gasteiger partial charge in [0, 0.05) is 30.9 Å². The van der Waals surface area contributed by atoms with Gasteiger partial charge in [-0.15, -0.1) is 0 Å². The van der Waals surface area contributed by atoms with Crippen LogP contribution in [0.15, 0.2) is 24.3 Å². The third-order valence-electron chi connectivity index (χ3n) is 4.38. The molecule has 1 aliphatic heterocycles. The third-order valence-corrected chi connectivity index (χ3v) is 5.67. The number of rotatable bonds is 6. The predicted molar refractivity (Wildman–Crippen MR) is 96.9 cm³/mol. The molecule has 1 atom stereocenters. The normalized spacial score (nSPS) is 18.1. The van der Waals surface area contributed by atoms with Crippen LogP contribution in [0.2, 0.25) is 0 Å². The third kappa shape index (κ3) is 4.58. The van der Waals surface area contributed by atoms with Gasteiger partial charge in [-0.3, -0.25) is 9.59 Å². The minimum atomic E-state index is -3.40.